The van der Waals surface area contributed by atoms with Gasteiger partial charge in [0.1, 0.15) is 11.3 Å². The molecular formula is C23H20N2O2. The first kappa shape index (κ1) is 17.0. The molecule has 0 saturated heterocycles. The first-order valence-corrected chi connectivity index (χ1v) is 8.81. The average molecular weight is 356 g/mol. The smallest absolute Gasteiger partial charge is 0.227 e. The van der Waals surface area contributed by atoms with E-state index in [4.69, 9.17) is 4.42 Å². The topological polar surface area (TPSA) is 58.6 Å². The molecule has 0 radical (unpaired) electrons. The molecule has 0 saturated carbocycles. The van der Waals surface area contributed by atoms with Crippen molar-refractivity contribution in [2.75, 3.05) is 0 Å². The fraction of sp³-hybridized carbons (Fsp3) is 0.130. The number of rotatable bonds is 3. The molecule has 0 aliphatic carbocycles. The predicted octanol–water partition coefficient (Wildman–Crippen LogP) is 5.88. The molecule has 0 bridgehead atoms. The molecule has 4 nitrogen and oxygen atoms in total. The van der Waals surface area contributed by atoms with Gasteiger partial charge >= 0.3 is 0 Å². The van der Waals surface area contributed by atoms with Crippen LogP contribution >= 0.6 is 0 Å². The van der Waals surface area contributed by atoms with Crippen molar-refractivity contribution in [3.63, 3.8) is 0 Å². The standard InChI is InChI=1S/C23H20N2O2/c1-14-4-6-17(7-5-14)23-25-20-12-19(8-9-22(20)27-23)24-13-18-10-15(2)16(3)11-21(18)26/h4-13,26H,1-3H3. The second-order valence-corrected chi connectivity index (χ2v) is 6.79. The summed E-state index contributed by atoms with van der Waals surface area (Å²) in [6, 6.07) is 17.4. The van der Waals surface area contributed by atoms with Crippen LogP contribution in [0.2, 0.25) is 0 Å². The van der Waals surface area contributed by atoms with Gasteiger partial charge in [-0.2, -0.15) is 0 Å². The Hall–Kier alpha value is -3.40. The highest BCUT2D eigenvalue weighted by atomic mass is 16.3. The van der Waals surface area contributed by atoms with E-state index < -0.39 is 0 Å². The lowest BCUT2D eigenvalue weighted by molar-refractivity contribution is 0.474. The van der Waals surface area contributed by atoms with Crippen molar-refractivity contribution < 1.29 is 9.52 Å². The van der Waals surface area contributed by atoms with Crippen molar-refractivity contribution in [1.29, 1.82) is 0 Å². The molecular weight excluding hydrogens is 336 g/mol. The molecule has 0 aliphatic rings. The van der Waals surface area contributed by atoms with Crippen molar-refractivity contribution in [3.8, 4) is 17.2 Å². The van der Waals surface area contributed by atoms with Gasteiger partial charge in [0.2, 0.25) is 5.89 Å². The summed E-state index contributed by atoms with van der Waals surface area (Å²) in [6.07, 6.45) is 1.67. The van der Waals surface area contributed by atoms with Gasteiger partial charge in [0.05, 0.1) is 5.69 Å². The minimum Gasteiger partial charge on any atom is -0.507 e. The SMILES string of the molecule is Cc1ccc(-c2nc3cc(N=Cc4cc(C)c(C)cc4O)ccc3o2)cc1. The lowest BCUT2D eigenvalue weighted by atomic mass is 10.1. The van der Waals surface area contributed by atoms with E-state index in [1.807, 2.05) is 69.3 Å². The van der Waals surface area contributed by atoms with Crippen molar-refractivity contribution >= 4 is 23.0 Å². The first-order valence-electron chi connectivity index (χ1n) is 8.81. The Balaban J connectivity index is 1.65. The van der Waals surface area contributed by atoms with Gasteiger partial charge in [-0.15, -0.1) is 0 Å². The summed E-state index contributed by atoms with van der Waals surface area (Å²) in [4.78, 5) is 9.07. The van der Waals surface area contributed by atoms with Crippen LogP contribution < -0.4 is 0 Å². The summed E-state index contributed by atoms with van der Waals surface area (Å²) in [5.74, 6) is 0.823. The van der Waals surface area contributed by atoms with Gasteiger partial charge in [-0.05, 0) is 74.4 Å². The molecule has 0 aliphatic heterocycles. The molecule has 4 heteroatoms. The molecule has 27 heavy (non-hydrogen) atoms. The number of fused-ring (bicyclic) bond motifs is 1. The zero-order valence-corrected chi connectivity index (χ0v) is 15.5. The fourth-order valence-electron chi connectivity index (χ4n) is 2.89. The van der Waals surface area contributed by atoms with Crippen molar-refractivity contribution in [2.24, 2.45) is 4.99 Å². The lowest BCUT2D eigenvalue weighted by Gasteiger charge is -2.04. The Labute approximate surface area is 157 Å². The number of oxazole rings is 1. The van der Waals surface area contributed by atoms with Crippen LogP contribution in [0.5, 0.6) is 5.75 Å². The largest absolute Gasteiger partial charge is 0.507 e. The van der Waals surface area contributed by atoms with Crippen LogP contribution in [-0.4, -0.2) is 16.3 Å². The van der Waals surface area contributed by atoms with E-state index in [1.54, 1.807) is 12.3 Å². The summed E-state index contributed by atoms with van der Waals surface area (Å²) in [6.45, 7) is 6.04. The van der Waals surface area contributed by atoms with Crippen LogP contribution in [0.4, 0.5) is 5.69 Å². The van der Waals surface area contributed by atoms with E-state index in [9.17, 15) is 5.11 Å². The third kappa shape index (κ3) is 3.47. The van der Waals surface area contributed by atoms with Crippen molar-refractivity contribution in [1.82, 2.24) is 4.98 Å². The Kier molecular flexibility index (Phi) is 4.24. The van der Waals surface area contributed by atoms with Crippen LogP contribution in [0.25, 0.3) is 22.6 Å². The van der Waals surface area contributed by atoms with Crippen molar-refractivity contribution in [2.45, 2.75) is 20.8 Å². The number of aromatic nitrogens is 1. The van der Waals surface area contributed by atoms with Gasteiger partial charge in [0.25, 0.3) is 0 Å². The molecule has 1 N–H and O–H groups in total. The predicted molar refractivity (Wildman–Crippen MR) is 109 cm³/mol. The van der Waals surface area contributed by atoms with Gasteiger partial charge in [0.15, 0.2) is 5.58 Å². The highest BCUT2D eigenvalue weighted by molar-refractivity contribution is 5.87. The number of aromatic hydroxyl groups is 1. The Bertz CT molecular complexity index is 1160. The summed E-state index contributed by atoms with van der Waals surface area (Å²) >= 11 is 0. The number of aliphatic imine (C=N–C) groups is 1. The molecule has 1 heterocycles. The van der Waals surface area contributed by atoms with E-state index in [2.05, 4.69) is 9.98 Å². The summed E-state index contributed by atoms with van der Waals surface area (Å²) in [7, 11) is 0. The lowest BCUT2D eigenvalue weighted by Crippen LogP contribution is -1.87. The van der Waals surface area contributed by atoms with E-state index in [0.29, 0.717) is 11.5 Å². The van der Waals surface area contributed by atoms with Crippen molar-refractivity contribution in [3.05, 3.63) is 76.9 Å². The number of nitrogens with zero attached hydrogens (tertiary/aromatic N) is 2. The number of hydrogen-bond acceptors (Lipinski definition) is 4. The van der Waals surface area contributed by atoms with Gasteiger partial charge < -0.3 is 9.52 Å². The van der Waals surface area contributed by atoms with E-state index in [1.165, 1.54) is 5.56 Å². The Morgan fingerprint density at radius 1 is 0.926 bits per heavy atom. The molecule has 0 atom stereocenters. The molecule has 4 aromatic rings. The molecule has 0 spiro atoms. The van der Waals surface area contributed by atoms with E-state index in [-0.39, 0.29) is 5.75 Å². The molecule has 1 aromatic heterocycles. The van der Waals surface area contributed by atoms with Crippen LogP contribution in [0.15, 0.2) is 64.0 Å². The molecule has 3 aromatic carbocycles. The minimum absolute atomic E-state index is 0.228. The van der Waals surface area contributed by atoms with Gasteiger partial charge in [-0.3, -0.25) is 4.99 Å². The number of benzene rings is 3. The zero-order valence-electron chi connectivity index (χ0n) is 15.5. The number of phenols is 1. The summed E-state index contributed by atoms with van der Waals surface area (Å²) < 4.78 is 5.86. The number of hydrogen-bond donors (Lipinski definition) is 1. The first-order chi connectivity index (χ1) is 13.0. The molecule has 4 rings (SSSR count). The maximum atomic E-state index is 10.1. The Morgan fingerprint density at radius 3 is 2.44 bits per heavy atom. The van der Waals surface area contributed by atoms with Crippen LogP contribution in [0.1, 0.15) is 22.3 Å². The molecule has 0 unspecified atom stereocenters. The highest BCUT2D eigenvalue weighted by Crippen LogP contribution is 2.28. The minimum atomic E-state index is 0.228. The van der Waals surface area contributed by atoms with Gasteiger partial charge in [0, 0.05) is 17.3 Å². The molecule has 0 fully saturated rings. The van der Waals surface area contributed by atoms with E-state index in [0.717, 1.165) is 33.5 Å². The second-order valence-electron chi connectivity index (χ2n) is 6.79. The fourth-order valence-corrected chi connectivity index (χ4v) is 2.89. The quantitative estimate of drug-likeness (QED) is 0.467. The van der Waals surface area contributed by atoms with Crippen LogP contribution in [0.3, 0.4) is 0 Å². The summed E-state index contributed by atoms with van der Waals surface area (Å²) in [5.41, 5.74) is 7.23. The maximum absolute atomic E-state index is 10.1. The third-order valence-corrected chi connectivity index (χ3v) is 4.67. The molecule has 0 amide bonds. The Morgan fingerprint density at radius 2 is 1.67 bits per heavy atom. The maximum Gasteiger partial charge on any atom is 0.227 e. The van der Waals surface area contributed by atoms with Crippen LogP contribution in [0, 0.1) is 20.8 Å². The third-order valence-electron chi connectivity index (χ3n) is 4.67. The van der Waals surface area contributed by atoms with Gasteiger partial charge in [-0.1, -0.05) is 17.7 Å². The number of phenolic OH excluding ortho intramolecular Hbond substituents is 1. The summed E-state index contributed by atoms with van der Waals surface area (Å²) in [5, 5.41) is 10.1. The van der Waals surface area contributed by atoms with E-state index >= 15 is 0 Å². The zero-order chi connectivity index (χ0) is 19.0. The number of aryl methyl sites for hydroxylation is 3. The average Bonchev–Trinajstić information content (AvgIpc) is 3.07. The monoisotopic (exact) mass is 356 g/mol. The van der Waals surface area contributed by atoms with Crippen LogP contribution in [-0.2, 0) is 0 Å². The molecule has 134 valence electrons. The van der Waals surface area contributed by atoms with Gasteiger partial charge in [-0.25, -0.2) is 4.98 Å². The normalized spacial score (nSPS) is 11.5. The highest BCUT2D eigenvalue weighted by Gasteiger charge is 2.09. The second kappa shape index (κ2) is 6.72.